The molecule has 0 spiro atoms. The third-order valence-corrected chi connectivity index (χ3v) is 4.26. The Morgan fingerprint density at radius 1 is 1.24 bits per heavy atom. The highest BCUT2D eigenvalue weighted by Gasteiger charge is 2.13. The summed E-state index contributed by atoms with van der Waals surface area (Å²) >= 11 is 11.4. The van der Waals surface area contributed by atoms with Crippen LogP contribution >= 0.6 is 23.8 Å². The van der Waals surface area contributed by atoms with Gasteiger partial charge in [-0.1, -0.05) is 29.8 Å². The van der Waals surface area contributed by atoms with Gasteiger partial charge in [-0.2, -0.15) is 13.9 Å². The Balaban J connectivity index is 1.70. The zero-order valence-electron chi connectivity index (χ0n) is 15.1. The number of hydrogen-bond acceptors (Lipinski definition) is 3. The summed E-state index contributed by atoms with van der Waals surface area (Å²) in [5.41, 5.74) is 1.82. The number of rotatable bonds is 6. The van der Waals surface area contributed by atoms with Crippen molar-refractivity contribution in [2.45, 2.75) is 20.1 Å². The van der Waals surface area contributed by atoms with Crippen LogP contribution < -0.4 is 15.4 Å². The number of benzene rings is 2. The van der Waals surface area contributed by atoms with Gasteiger partial charge in [0.05, 0.1) is 12.2 Å². The maximum absolute atomic E-state index is 13.3. The van der Waals surface area contributed by atoms with E-state index >= 15 is 0 Å². The summed E-state index contributed by atoms with van der Waals surface area (Å²) in [4.78, 5) is 0. The van der Waals surface area contributed by atoms with Crippen molar-refractivity contribution in [2.75, 3.05) is 10.6 Å². The fraction of sp³-hybridized carbons (Fsp3) is 0.158. The summed E-state index contributed by atoms with van der Waals surface area (Å²) < 4.78 is 44.5. The minimum atomic E-state index is -2.97. The van der Waals surface area contributed by atoms with Crippen LogP contribution in [-0.2, 0) is 6.54 Å². The highest BCUT2D eigenvalue weighted by atomic mass is 35.5. The quantitative estimate of drug-likeness (QED) is 0.500. The first-order valence-corrected chi connectivity index (χ1v) is 9.19. The molecule has 0 fully saturated rings. The van der Waals surface area contributed by atoms with E-state index in [1.165, 1.54) is 22.9 Å². The van der Waals surface area contributed by atoms with Crippen molar-refractivity contribution in [1.29, 1.82) is 0 Å². The number of nitrogens with zero attached hydrogens (tertiary/aromatic N) is 2. The maximum Gasteiger partial charge on any atom is 0.387 e. The Bertz CT molecular complexity index is 1030. The molecule has 0 radical (unpaired) electrons. The van der Waals surface area contributed by atoms with Crippen LogP contribution in [0, 0.1) is 12.7 Å². The molecule has 1 aromatic heterocycles. The van der Waals surface area contributed by atoms with Crippen molar-refractivity contribution in [3.63, 3.8) is 0 Å². The minimum Gasteiger partial charge on any atom is -0.433 e. The minimum absolute atomic E-state index is 0.0440. The molecule has 0 bridgehead atoms. The van der Waals surface area contributed by atoms with Crippen LogP contribution in [0.2, 0.25) is 5.02 Å². The van der Waals surface area contributed by atoms with Crippen molar-refractivity contribution in [3.05, 3.63) is 70.6 Å². The monoisotopic (exact) mass is 440 g/mol. The van der Waals surface area contributed by atoms with Gasteiger partial charge in [0.15, 0.2) is 10.9 Å². The van der Waals surface area contributed by atoms with E-state index in [-0.39, 0.29) is 28.2 Å². The van der Waals surface area contributed by atoms with Gasteiger partial charge in [0.2, 0.25) is 0 Å². The zero-order valence-corrected chi connectivity index (χ0v) is 16.7. The van der Waals surface area contributed by atoms with Crippen molar-refractivity contribution in [2.24, 2.45) is 0 Å². The van der Waals surface area contributed by atoms with Gasteiger partial charge in [0.25, 0.3) is 0 Å². The molecule has 2 aromatic carbocycles. The molecule has 2 N–H and O–H groups in total. The summed E-state index contributed by atoms with van der Waals surface area (Å²) in [5.74, 6) is -0.119. The Morgan fingerprint density at radius 2 is 2.03 bits per heavy atom. The Kier molecular flexibility index (Phi) is 6.60. The molecule has 0 aliphatic carbocycles. The molecule has 0 aliphatic rings. The van der Waals surface area contributed by atoms with E-state index in [1.807, 2.05) is 0 Å². The van der Waals surface area contributed by atoms with Gasteiger partial charge >= 0.3 is 6.61 Å². The summed E-state index contributed by atoms with van der Waals surface area (Å²) in [6.45, 7) is -0.852. The average molecular weight is 441 g/mol. The average Bonchev–Trinajstić information content (AvgIpc) is 2.96. The second-order valence-electron chi connectivity index (χ2n) is 6.11. The van der Waals surface area contributed by atoms with E-state index in [1.54, 1.807) is 37.4 Å². The fourth-order valence-electron chi connectivity index (χ4n) is 2.59. The Hall–Kier alpha value is -2.78. The van der Waals surface area contributed by atoms with Crippen LogP contribution in [-0.4, -0.2) is 21.5 Å². The third-order valence-electron chi connectivity index (χ3n) is 3.78. The van der Waals surface area contributed by atoms with E-state index in [9.17, 15) is 13.2 Å². The van der Waals surface area contributed by atoms with Gasteiger partial charge in [-0.15, -0.1) is 0 Å². The number of anilines is 2. The van der Waals surface area contributed by atoms with E-state index in [0.717, 1.165) is 5.56 Å². The number of halogens is 4. The SMILES string of the molecule is Cc1ccc(OC(F)F)c(NC(=S)Nc2nn(Cc3cccc(F)c3)cc2Cl)c1. The number of nitrogens with one attached hydrogen (secondary N) is 2. The van der Waals surface area contributed by atoms with Crippen LogP contribution in [0.25, 0.3) is 0 Å². The van der Waals surface area contributed by atoms with Gasteiger partial charge in [-0.25, -0.2) is 4.39 Å². The summed E-state index contributed by atoms with van der Waals surface area (Å²) in [5, 5.41) is 10.3. The lowest BCUT2D eigenvalue weighted by Gasteiger charge is -2.14. The van der Waals surface area contributed by atoms with Gasteiger partial charge in [0.1, 0.15) is 16.6 Å². The number of alkyl halides is 2. The lowest BCUT2D eigenvalue weighted by Crippen LogP contribution is -2.20. The van der Waals surface area contributed by atoms with Gasteiger partial charge in [-0.05, 0) is 54.5 Å². The largest absolute Gasteiger partial charge is 0.433 e. The van der Waals surface area contributed by atoms with Crippen LogP contribution in [0.1, 0.15) is 11.1 Å². The molecule has 0 aliphatic heterocycles. The van der Waals surface area contributed by atoms with E-state index in [4.69, 9.17) is 23.8 Å². The smallest absolute Gasteiger partial charge is 0.387 e. The summed E-state index contributed by atoms with van der Waals surface area (Å²) in [7, 11) is 0. The Labute approximate surface area is 175 Å². The van der Waals surface area contributed by atoms with E-state index < -0.39 is 6.61 Å². The number of ether oxygens (including phenoxy) is 1. The van der Waals surface area contributed by atoms with Gasteiger partial charge in [0, 0.05) is 6.20 Å². The second kappa shape index (κ2) is 9.15. The third kappa shape index (κ3) is 5.85. The molecule has 0 amide bonds. The van der Waals surface area contributed by atoms with Crippen LogP contribution in [0.4, 0.5) is 24.7 Å². The number of aromatic nitrogens is 2. The molecular formula is C19H16ClF3N4OS. The zero-order chi connectivity index (χ0) is 21.0. The van der Waals surface area contributed by atoms with Crippen LogP contribution in [0.5, 0.6) is 5.75 Å². The number of hydrogen-bond donors (Lipinski definition) is 2. The van der Waals surface area contributed by atoms with Gasteiger partial charge < -0.3 is 15.4 Å². The van der Waals surface area contributed by atoms with Crippen molar-refractivity contribution in [1.82, 2.24) is 9.78 Å². The van der Waals surface area contributed by atoms with Crippen LogP contribution in [0.15, 0.2) is 48.7 Å². The highest BCUT2D eigenvalue weighted by Crippen LogP contribution is 2.28. The molecule has 152 valence electrons. The standard InChI is InChI=1S/C19H16ClF3N4OS/c1-11-5-6-16(28-18(22)23)15(7-11)24-19(29)25-17-14(20)10-27(26-17)9-12-3-2-4-13(21)8-12/h2-8,10,18H,9H2,1H3,(H2,24,25,26,29). The molecule has 3 aromatic rings. The number of aryl methyl sites for hydroxylation is 1. The van der Waals surface area contributed by atoms with Crippen molar-refractivity contribution in [3.8, 4) is 5.75 Å². The molecule has 0 saturated carbocycles. The molecule has 29 heavy (non-hydrogen) atoms. The molecule has 0 unspecified atom stereocenters. The Morgan fingerprint density at radius 3 is 2.76 bits per heavy atom. The first kappa shape index (κ1) is 20.9. The van der Waals surface area contributed by atoms with E-state index in [0.29, 0.717) is 17.1 Å². The van der Waals surface area contributed by atoms with Crippen molar-refractivity contribution >= 4 is 40.4 Å². The molecule has 0 saturated heterocycles. The molecule has 10 heteroatoms. The highest BCUT2D eigenvalue weighted by molar-refractivity contribution is 7.80. The lowest BCUT2D eigenvalue weighted by molar-refractivity contribution is -0.0493. The van der Waals surface area contributed by atoms with E-state index in [2.05, 4.69) is 20.5 Å². The second-order valence-corrected chi connectivity index (χ2v) is 6.93. The molecule has 1 heterocycles. The number of thiocarbonyl (C=S) groups is 1. The predicted molar refractivity (Wildman–Crippen MR) is 110 cm³/mol. The normalized spacial score (nSPS) is 10.8. The van der Waals surface area contributed by atoms with Crippen molar-refractivity contribution < 1.29 is 17.9 Å². The van der Waals surface area contributed by atoms with Crippen LogP contribution in [0.3, 0.4) is 0 Å². The molecular weight excluding hydrogens is 425 g/mol. The molecule has 5 nitrogen and oxygen atoms in total. The summed E-state index contributed by atoms with van der Waals surface area (Å²) in [6, 6.07) is 10.8. The van der Waals surface area contributed by atoms with Gasteiger partial charge in [-0.3, -0.25) is 4.68 Å². The first-order valence-electron chi connectivity index (χ1n) is 8.41. The first-order chi connectivity index (χ1) is 13.8. The summed E-state index contributed by atoms with van der Waals surface area (Å²) in [6.07, 6.45) is 1.56. The maximum atomic E-state index is 13.3. The molecule has 0 atom stereocenters. The molecule has 3 rings (SSSR count). The topological polar surface area (TPSA) is 51.1 Å². The lowest BCUT2D eigenvalue weighted by atomic mass is 10.2. The fourth-order valence-corrected chi connectivity index (χ4v) is 2.99. The predicted octanol–water partition coefficient (Wildman–Crippen LogP) is 5.44.